The quantitative estimate of drug-likeness (QED) is 0.307. The van der Waals surface area contributed by atoms with Gasteiger partial charge in [0.2, 0.25) is 5.91 Å². The van der Waals surface area contributed by atoms with Crippen LogP contribution in [-0.2, 0) is 11.3 Å². The van der Waals surface area contributed by atoms with Gasteiger partial charge in [0.25, 0.3) is 5.56 Å². The molecular formula is C30H33N7O2. The van der Waals surface area contributed by atoms with Crippen molar-refractivity contribution in [2.45, 2.75) is 31.8 Å². The molecule has 0 aliphatic carbocycles. The number of nitrogens with one attached hydrogen (secondary N) is 2. The zero-order valence-electron chi connectivity index (χ0n) is 22.2. The van der Waals surface area contributed by atoms with Gasteiger partial charge in [-0.15, -0.1) is 0 Å². The number of hydrogen-bond acceptors (Lipinski definition) is 7. The second-order valence-electron chi connectivity index (χ2n) is 9.89. The van der Waals surface area contributed by atoms with E-state index < -0.39 is 0 Å². The van der Waals surface area contributed by atoms with Gasteiger partial charge in [-0.2, -0.15) is 0 Å². The average Bonchev–Trinajstić information content (AvgIpc) is 3.25. The van der Waals surface area contributed by atoms with Crippen molar-refractivity contribution in [2.24, 2.45) is 0 Å². The van der Waals surface area contributed by atoms with E-state index in [1.54, 1.807) is 16.8 Å². The van der Waals surface area contributed by atoms with Gasteiger partial charge in [0.15, 0.2) is 5.82 Å². The maximum Gasteiger partial charge on any atom is 0.295 e. The summed E-state index contributed by atoms with van der Waals surface area (Å²) in [6.07, 6.45) is 1.88. The van der Waals surface area contributed by atoms with Crippen LogP contribution in [0.5, 0.6) is 0 Å². The molecule has 3 heterocycles. The largest absolute Gasteiger partial charge is 0.384 e. The Morgan fingerprint density at radius 2 is 1.72 bits per heavy atom. The van der Waals surface area contributed by atoms with Crippen molar-refractivity contribution in [3.63, 3.8) is 0 Å². The second-order valence-corrected chi connectivity index (χ2v) is 9.89. The number of carbonyl (C=O) groups excluding carboxylic acids is 1. The Kier molecular flexibility index (Phi) is 7.58. The molecule has 0 spiro atoms. The third kappa shape index (κ3) is 5.77. The number of aryl methyl sites for hydroxylation is 1. The maximum atomic E-state index is 13.6. The van der Waals surface area contributed by atoms with E-state index in [0.717, 1.165) is 22.4 Å². The molecule has 0 saturated carbocycles. The summed E-state index contributed by atoms with van der Waals surface area (Å²) in [5, 5.41) is 6.26. The molecule has 9 nitrogen and oxygen atoms in total. The molecule has 200 valence electrons. The van der Waals surface area contributed by atoms with Gasteiger partial charge in [-0.3, -0.25) is 14.2 Å². The molecule has 4 N–H and O–H groups in total. The van der Waals surface area contributed by atoms with Crippen molar-refractivity contribution >= 4 is 23.4 Å². The first-order valence-corrected chi connectivity index (χ1v) is 13.1. The normalized spacial score (nSPS) is 14.3. The highest BCUT2D eigenvalue weighted by Crippen LogP contribution is 2.29. The third-order valence-corrected chi connectivity index (χ3v) is 7.21. The summed E-state index contributed by atoms with van der Waals surface area (Å²) in [5.41, 5.74) is 9.49. The van der Waals surface area contributed by atoms with E-state index in [9.17, 15) is 9.59 Å². The Hall–Kier alpha value is -4.66. The number of pyridine rings is 1. The Morgan fingerprint density at radius 1 is 1.05 bits per heavy atom. The lowest BCUT2D eigenvalue weighted by atomic mass is 9.91. The molecule has 1 amide bonds. The minimum absolute atomic E-state index is 0.0439. The van der Waals surface area contributed by atoms with E-state index in [2.05, 4.69) is 44.9 Å². The van der Waals surface area contributed by atoms with Gasteiger partial charge in [-0.05, 0) is 29.7 Å². The zero-order valence-corrected chi connectivity index (χ0v) is 22.2. The molecule has 2 aromatic heterocycles. The lowest BCUT2D eigenvalue weighted by Crippen LogP contribution is -2.31. The molecular weight excluding hydrogens is 490 g/mol. The summed E-state index contributed by atoms with van der Waals surface area (Å²) in [5.74, 6) is 1.33. The van der Waals surface area contributed by atoms with Gasteiger partial charge >= 0.3 is 0 Å². The molecule has 1 aliphatic rings. The number of nitrogen functional groups attached to an aromatic ring is 1. The van der Waals surface area contributed by atoms with Crippen LogP contribution in [0.3, 0.4) is 0 Å². The minimum Gasteiger partial charge on any atom is -0.384 e. The number of rotatable bonds is 9. The predicted molar refractivity (Wildman–Crippen MR) is 154 cm³/mol. The highest BCUT2D eigenvalue weighted by molar-refractivity contribution is 5.76. The summed E-state index contributed by atoms with van der Waals surface area (Å²) >= 11 is 0. The summed E-state index contributed by atoms with van der Waals surface area (Å²) in [6, 6.07) is 23.7. The number of fused-ring (bicyclic) bond motifs is 1. The molecule has 1 atom stereocenters. The summed E-state index contributed by atoms with van der Waals surface area (Å²) in [7, 11) is 1.90. The van der Waals surface area contributed by atoms with Gasteiger partial charge in [-0.1, -0.05) is 66.7 Å². The molecule has 0 bridgehead atoms. The van der Waals surface area contributed by atoms with E-state index in [1.165, 1.54) is 0 Å². The number of likely N-dealkylation sites (N-methyl/N-ethyl adjacent to an activating group) is 1. The van der Waals surface area contributed by atoms with Gasteiger partial charge in [0.05, 0.1) is 12.2 Å². The first-order valence-electron chi connectivity index (χ1n) is 13.1. The first kappa shape index (κ1) is 26.0. The van der Waals surface area contributed by atoms with Crippen molar-refractivity contribution < 1.29 is 4.79 Å². The molecule has 0 saturated heterocycles. The SMILES string of the molecule is Cc1nc(N)ccc1CNC(=O)C[C@@H]1CN(C)c2cnc(NCC(c3ccccc3)c3ccccc3)c(=O)n21. The minimum atomic E-state index is -0.300. The zero-order chi connectivity index (χ0) is 27.4. The average molecular weight is 524 g/mol. The first-order chi connectivity index (χ1) is 18.9. The fourth-order valence-corrected chi connectivity index (χ4v) is 5.14. The van der Waals surface area contributed by atoms with Crippen LogP contribution in [0, 0.1) is 6.92 Å². The second kappa shape index (κ2) is 11.4. The molecule has 4 aromatic rings. The van der Waals surface area contributed by atoms with Crippen LogP contribution in [0.4, 0.5) is 17.5 Å². The van der Waals surface area contributed by atoms with Crippen LogP contribution in [0.25, 0.3) is 0 Å². The Bertz CT molecular complexity index is 1470. The van der Waals surface area contributed by atoms with Gasteiger partial charge < -0.3 is 21.3 Å². The lowest BCUT2D eigenvalue weighted by molar-refractivity contribution is -0.121. The smallest absolute Gasteiger partial charge is 0.295 e. The Balaban J connectivity index is 1.31. The van der Waals surface area contributed by atoms with Crippen molar-refractivity contribution in [2.75, 3.05) is 36.1 Å². The summed E-state index contributed by atoms with van der Waals surface area (Å²) in [4.78, 5) is 37.1. The van der Waals surface area contributed by atoms with Crippen LogP contribution in [0.2, 0.25) is 0 Å². The molecule has 0 radical (unpaired) electrons. The number of carbonyl (C=O) groups is 1. The van der Waals surface area contributed by atoms with Gasteiger partial charge in [0, 0.05) is 44.7 Å². The number of benzene rings is 2. The van der Waals surface area contributed by atoms with E-state index in [0.29, 0.717) is 31.3 Å². The third-order valence-electron chi connectivity index (χ3n) is 7.21. The number of hydrogen-bond donors (Lipinski definition) is 3. The molecule has 9 heteroatoms. The molecule has 2 aromatic carbocycles. The fraction of sp³-hybridized carbons (Fsp3) is 0.267. The Morgan fingerprint density at radius 3 is 2.36 bits per heavy atom. The van der Waals surface area contributed by atoms with E-state index >= 15 is 0 Å². The van der Waals surface area contributed by atoms with Crippen molar-refractivity contribution in [3.8, 4) is 0 Å². The maximum absolute atomic E-state index is 13.6. The number of aromatic nitrogens is 3. The van der Waals surface area contributed by atoms with Crippen molar-refractivity contribution in [1.82, 2.24) is 19.9 Å². The topological polar surface area (TPSA) is 118 Å². The van der Waals surface area contributed by atoms with Crippen LogP contribution < -0.4 is 26.8 Å². The van der Waals surface area contributed by atoms with Crippen LogP contribution in [0.15, 0.2) is 83.8 Å². The van der Waals surface area contributed by atoms with Crippen LogP contribution in [-0.4, -0.2) is 40.6 Å². The van der Waals surface area contributed by atoms with Crippen LogP contribution >= 0.6 is 0 Å². The van der Waals surface area contributed by atoms with E-state index in [4.69, 9.17) is 5.73 Å². The fourth-order valence-electron chi connectivity index (χ4n) is 5.14. The van der Waals surface area contributed by atoms with E-state index in [-0.39, 0.29) is 35.7 Å². The van der Waals surface area contributed by atoms with Gasteiger partial charge in [0.1, 0.15) is 11.6 Å². The molecule has 5 rings (SSSR count). The molecule has 0 unspecified atom stereocenters. The number of anilines is 3. The molecule has 1 aliphatic heterocycles. The highest BCUT2D eigenvalue weighted by atomic mass is 16.2. The van der Waals surface area contributed by atoms with Crippen molar-refractivity contribution in [3.05, 3.63) is 112 Å². The number of amides is 1. The van der Waals surface area contributed by atoms with Gasteiger partial charge in [-0.25, -0.2) is 9.97 Å². The summed E-state index contributed by atoms with van der Waals surface area (Å²) < 4.78 is 1.69. The highest BCUT2D eigenvalue weighted by Gasteiger charge is 2.30. The molecule has 0 fully saturated rings. The predicted octanol–water partition coefficient (Wildman–Crippen LogP) is 3.47. The lowest BCUT2D eigenvalue weighted by Gasteiger charge is -2.20. The standard InChI is InChI=1S/C30H33N7O2/c1-20-23(13-14-26(31)35-20)16-32-27(38)15-24-19-36(2)28-18-34-29(30(39)37(24)28)33-17-25(21-9-5-3-6-10-21)22-11-7-4-8-12-22/h3-14,18,24-25H,15-17,19H2,1-2H3,(H2,31,35)(H,32,38)(H,33,34)/t24-/m1/s1. The van der Waals surface area contributed by atoms with Crippen LogP contribution in [0.1, 0.15) is 40.8 Å². The molecule has 39 heavy (non-hydrogen) atoms. The van der Waals surface area contributed by atoms with Crippen molar-refractivity contribution in [1.29, 1.82) is 0 Å². The monoisotopic (exact) mass is 523 g/mol. The number of nitrogens with two attached hydrogens (primary N) is 1. The van der Waals surface area contributed by atoms with E-state index in [1.807, 2.05) is 61.3 Å². The number of nitrogens with zero attached hydrogens (tertiary/aromatic N) is 4. The Labute approximate surface area is 227 Å². The summed E-state index contributed by atoms with van der Waals surface area (Å²) in [6.45, 7) is 3.27.